The Balaban J connectivity index is 1.96. The molecule has 0 spiro atoms. The van der Waals surface area contributed by atoms with Gasteiger partial charge in [-0.25, -0.2) is 0 Å². The highest BCUT2D eigenvalue weighted by Gasteiger charge is 2.15. The lowest BCUT2D eigenvalue weighted by molar-refractivity contribution is -0.122. The molecule has 2 aromatic rings. The standard InChI is InChI=1S/C19H23NO3/c1-13(2)22-18-7-5-6-16(12-18)20-19(21)15(4)23-17-10-8-14(3)9-11-17/h5-13,15H,1-4H3,(H,20,21)/t15-/m1/s1. The van der Waals surface area contributed by atoms with Crippen LogP contribution in [-0.2, 0) is 4.79 Å². The first-order chi connectivity index (χ1) is 10.9. The van der Waals surface area contributed by atoms with E-state index < -0.39 is 6.10 Å². The van der Waals surface area contributed by atoms with E-state index in [0.29, 0.717) is 11.4 Å². The van der Waals surface area contributed by atoms with Gasteiger partial charge in [0.15, 0.2) is 6.10 Å². The predicted octanol–water partition coefficient (Wildman–Crippen LogP) is 4.19. The van der Waals surface area contributed by atoms with Crippen LogP contribution >= 0.6 is 0 Å². The molecule has 0 aromatic heterocycles. The molecule has 2 rings (SSSR count). The van der Waals surface area contributed by atoms with Gasteiger partial charge < -0.3 is 14.8 Å². The second-order valence-corrected chi connectivity index (χ2v) is 5.76. The van der Waals surface area contributed by atoms with E-state index in [0.717, 1.165) is 11.3 Å². The van der Waals surface area contributed by atoms with Gasteiger partial charge in [0.2, 0.25) is 0 Å². The summed E-state index contributed by atoms with van der Waals surface area (Å²) in [5, 5.41) is 2.84. The summed E-state index contributed by atoms with van der Waals surface area (Å²) < 4.78 is 11.3. The van der Waals surface area contributed by atoms with Crippen LogP contribution in [0.5, 0.6) is 11.5 Å². The van der Waals surface area contributed by atoms with E-state index >= 15 is 0 Å². The van der Waals surface area contributed by atoms with Crippen LogP contribution in [0.4, 0.5) is 5.69 Å². The molecule has 0 aliphatic rings. The van der Waals surface area contributed by atoms with Crippen molar-refractivity contribution in [1.29, 1.82) is 0 Å². The molecule has 122 valence electrons. The fourth-order valence-electron chi connectivity index (χ4n) is 2.04. The molecule has 1 amide bonds. The summed E-state index contributed by atoms with van der Waals surface area (Å²) in [6.07, 6.45) is -0.503. The summed E-state index contributed by atoms with van der Waals surface area (Å²) in [4.78, 5) is 12.2. The minimum Gasteiger partial charge on any atom is -0.491 e. The Kier molecular flexibility index (Phi) is 5.63. The highest BCUT2D eigenvalue weighted by molar-refractivity contribution is 5.94. The van der Waals surface area contributed by atoms with Gasteiger partial charge in [-0.15, -0.1) is 0 Å². The zero-order chi connectivity index (χ0) is 16.8. The van der Waals surface area contributed by atoms with E-state index in [9.17, 15) is 4.79 Å². The van der Waals surface area contributed by atoms with Gasteiger partial charge in [-0.3, -0.25) is 4.79 Å². The molecule has 0 heterocycles. The molecule has 2 aromatic carbocycles. The maximum Gasteiger partial charge on any atom is 0.265 e. The Labute approximate surface area is 137 Å². The monoisotopic (exact) mass is 313 g/mol. The van der Waals surface area contributed by atoms with E-state index in [1.165, 1.54) is 0 Å². The van der Waals surface area contributed by atoms with Crippen molar-refractivity contribution in [2.75, 3.05) is 5.32 Å². The molecule has 1 atom stereocenters. The minimum atomic E-state index is -0.590. The van der Waals surface area contributed by atoms with Gasteiger partial charge in [-0.1, -0.05) is 23.8 Å². The van der Waals surface area contributed by atoms with Gasteiger partial charge in [0.05, 0.1) is 6.10 Å². The van der Waals surface area contributed by atoms with Crippen molar-refractivity contribution in [1.82, 2.24) is 0 Å². The third-order valence-electron chi connectivity index (χ3n) is 3.18. The van der Waals surface area contributed by atoms with Crippen molar-refractivity contribution in [3.8, 4) is 11.5 Å². The Morgan fingerprint density at radius 2 is 1.65 bits per heavy atom. The topological polar surface area (TPSA) is 47.6 Å². The smallest absolute Gasteiger partial charge is 0.265 e. The molecule has 0 radical (unpaired) electrons. The maximum atomic E-state index is 12.2. The first-order valence-corrected chi connectivity index (χ1v) is 7.75. The largest absolute Gasteiger partial charge is 0.491 e. The van der Waals surface area contributed by atoms with Crippen LogP contribution in [0, 0.1) is 6.92 Å². The molecular formula is C19H23NO3. The SMILES string of the molecule is Cc1ccc(O[C@H](C)C(=O)Nc2cccc(OC(C)C)c2)cc1. The summed E-state index contributed by atoms with van der Waals surface area (Å²) in [6.45, 7) is 7.65. The molecule has 4 nitrogen and oxygen atoms in total. The van der Waals surface area contributed by atoms with E-state index in [4.69, 9.17) is 9.47 Å². The molecule has 23 heavy (non-hydrogen) atoms. The van der Waals surface area contributed by atoms with Crippen molar-refractivity contribution in [2.24, 2.45) is 0 Å². The number of benzene rings is 2. The van der Waals surface area contributed by atoms with Crippen LogP contribution < -0.4 is 14.8 Å². The number of hydrogen-bond donors (Lipinski definition) is 1. The van der Waals surface area contributed by atoms with Gasteiger partial charge >= 0.3 is 0 Å². The number of amides is 1. The van der Waals surface area contributed by atoms with E-state index in [1.54, 1.807) is 13.0 Å². The summed E-state index contributed by atoms with van der Waals surface area (Å²) in [6, 6.07) is 15.0. The van der Waals surface area contributed by atoms with Gasteiger partial charge in [-0.05, 0) is 52.0 Å². The molecular weight excluding hydrogens is 290 g/mol. The number of aryl methyl sites for hydroxylation is 1. The first-order valence-electron chi connectivity index (χ1n) is 7.75. The summed E-state index contributed by atoms with van der Waals surface area (Å²) in [5.41, 5.74) is 1.84. The molecule has 0 saturated heterocycles. The van der Waals surface area contributed by atoms with E-state index in [1.807, 2.05) is 63.2 Å². The average molecular weight is 313 g/mol. The molecule has 0 unspecified atom stereocenters. The number of hydrogen-bond acceptors (Lipinski definition) is 3. The second kappa shape index (κ2) is 7.68. The van der Waals surface area contributed by atoms with Crippen LogP contribution in [-0.4, -0.2) is 18.1 Å². The van der Waals surface area contributed by atoms with Gasteiger partial charge in [0, 0.05) is 11.8 Å². The fraction of sp³-hybridized carbons (Fsp3) is 0.316. The van der Waals surface area contributed by atoms with Crippen molar-refractivity contribution >= 4 is 11.6 Å². The van der Waals surface area contributed by atoms with E-state index in [-0.39, 0.29) is 12.0 Å². The number of carbonyl (C=O) groups is 1. The van der Waals surface area contributed by atoms with Crippen LogP contribution in [0.1, 0.15) is 26.3 Å². The van der Waals surface area contributed by atoms with Gasteiger partial charge in [-0.2, -0.15) is 0 Å². The zero-order valence-electron chi connectivity index (χ0n) is 14.0. The summed E-state index contributed by atoms with van der Waals surface area (Å²) in [5.74, 6) is 1.20. The Bertz CT molecular complexity index is 650. The third kappa shape index (κ3) is 5.33. The van der Waals surface area contributed by atoms with E-state index in [2.05, 4.69) is 5.32 Å². The Morgan fingerprint density at radius 3 is 2.30 bits per heavy atom. The van der Waals surface area contributed by atoms with Crippen molar-refractivity contribution < 1.29 is 14.3 Å². The Morgan fingerprint density at radius 1 is 0.957 bits per heavy atom. The zero-order valence-corrected chi connectivity index (χ0v) is 14.0. The van der Waals surface area contributed by atoms with Gasteiger partial charge in [0.1, 0.15) is 11.5 Å². The number of carbonyl (C=O) groups excluding carboxylic acids is 1. The third-order valence-corrected chi connectivity index (χ3v) is 3.18. The second-order valence-electron chi connectivity index (χ2n) is 5.76. The van der Waals surface area contributed by atoms with Crippen LogP contribution in [0.25, 0.3) is 0 Å². The summed E-state index contributed by atoms with van der Waals surface area (Å²) >= 11 is 0. The quantitative estimate of drug-likeness (QED) is 0.870. The molecule has 0 bridgehead atoms. The lowest BCUT2D eigenvalue weighted by Crippen LogP contribution is -2.30. The molecule has 0 fully saturated rings. The predicted molar refractivity (Wildman–Crippen MR) is 92.1 cm³/mol. The fourth-order valence-corrected chi connectivity index (χ4v) is 2.04. The molecule has 0 saturated carbocycles. The summed E-state index contributed by atoms with van der Waals surface area (Å²) in [7, 11) is 0. The van der Waals surface area contributed by atoms with Gasteiger partial charge in [0.25, 0.3) is 5.91 Å². The number of rotatable bonds is 6. The molecule has 4 heteroatoms. The molecule has 1 N–H and O–H groups in total. The van der Waals surface area contributed by atoms with Crippen molar-refractivity contribution in [3.63, 3.8) is 0 Å². The minimum absolute atomic E-state index is 0.0877. The van der Waals surface area contributed by atoms with Crippen LogP contribution in [0.2, 0.25) is 0 Å². The lowest BCUT2D eigenvalue weighted by Gasteiger charge is -2.16. The highest BCUT2D eigenvalue weighted by Crippen LogP contribution is 2.19. The molecule has 0 aliphatic heterocycles. The highest BCUT2D eigenvalue weighted by atomic mass is 16.5. The average Bonchev–Trinajstić information content (AvgIpc) is 2.49. The maximum absolute atomic E-state index is 12.2. The van der Waals surface area contributed by atoms with Crippen molar-refractivity contribution in [3.05, 3.63) is 54.1 Å². The van der Waals surface area contributed by atoms with Crippen LogP contribution in [0.3, 0.4) is 0 Å². The number of nitrogens with one attached hydrogen (secondary N) is 1. The normalized spacial score (nSPS) is 11.9. The molecule has 0 aliphatic carbocycles. The Hall–Kier alpha value is -2.49. The first kappa shape index (κ1) is 16.9. The lowest BCUT2D eigenvalue weighted by atomic mass is 10.2. The van der Waals surface area contributed by atoms with Crippen molar-refractivity contribution in [2.45, 2.75) is 39.9 Å². The number of anilines is 1. The number of ether oxygens (including phenoxy) is 2. The van der Waals surface area contributed by atoms with Crippen LogP contribution in [0.15, 0.2) is 48.5 Å².